The van der Waals surface area contributed by atoms with Gasteiger partial charge in [0.15, 0.2) is 0 Å². The van der Waals surface area contributed by atoms with Crippen LogP contribution in [0.15, 0.2) is 29.4 Å². The first-order chi connectivity index (χ1) is 11.8. The summed E-state index contributed by atoms with van der Waals surface area (Å²) < 4.78 is 0. The number of hydrogen-bond acceptors (Lipinski definition) is 4. The monoisotopic (exact) mass is 354 g/mol. The van der Waals surface area contributed by atoms with Gasteiger partial charge in [-0.25, -0.2) is 14.8 Å². The number of aryl methyl sites for hydroxylation is 1. The van der Waals surface area contributed by atoms with Gasteiger partial charge in [0.25, 0.3) is 0 Å². The minimum absolute atomic E-state index is 0.182. The molecule has 0 spiro atoms. The third-order valence-corrected chi connectivity index (χ3v) is 5.77. The maximum atomic E-state index is 10.9. The van der Waals surface area contributed by atoms with Crippen molar-refractivity contribution < 1.29 is 9.90 Å². The van der Waals surface area contributed by atoms with Gasteiger partial charge in [-0.15, -0.1) is 11.8 Å². The van der Waals surface area contributed by atoms with E-state index in [0.29, 0.717) is 0 Å². The largest absolute Gasteiger partial charge is 0.475 e. The Labute approximate surface area is 152 Å². The summed E-state index contributed by atoms with van der Waals surface area (Å²) in [5, 5.41) is 8.89. The predicted octanol–water partition coefficient (Wildman–Crippen LogP) is 4.82. The number of fused-ring (bicyclic) bond motifs is 1. The van der Waals surface area contributed by atoms with Gasteiger partial charge in [-0.3, -0.25) is 0 Å². The van der Waals surface area contributed by atoms with Gasteiger partial charge in [0.1, 0.15) is 0 Å². The molecule has 0 unspecified atom stereocenters. The molecule has 1 aliphatic heterocycles. The highest BCUT2D eigenvalue weighted by Gasteiger charge is 2.28. The van der Waals surface area contributed by atoms with Crippen LogP contribution in [0.2, 0.25) is 0 Å². The van der Waals surface area contributed by atoms with Crippen molar-refractivity contribution in [2.24, 2.45) is 0 Å². The van der Waals surface area contributed by atoms with Crippen LogP contribution >= 0.6 is 11.8 Å². The highest BCUT2D eigenvalue weighted by molar-refractivity contribution is 7.99. The molecular formula is C20H22N2O2S. The lowest BCUT2D eigenvalue weighted by Crippen LogP contribution is -2.23. The maximum absolute atomic E-state index is 10.9. The van der Waals surface area contributed by atoms with Crippen molar-refractivity contribution in [2.75, 3.05) is 5.75 Å². The van der Waals surface area contributed by atoms with E-state index in [0.717, 1.165) is 11.1 Å². The molecule has 25 heavy (non-hydrogen) atoms. The molecular weight excluding hydrogens is 332 g/mol. The highest BCUT2D eigenvalue weighted by atomic mass is 32.2. The van der Waals surface area contributed by atoms with Crippen LogP contribution in [0.3, 0.4) is 0 Å². The Kier molecular flexibility index (Phi) is 4.69. The zero-order valence-corrected chi connectivity index (χ0v) is 15.8. The van der Waals surface area contributed by atoms with Crippen LogP contribution in [-0.2, 0) is 5.41 Å². The Hall–Kier alpha value is -2.14. The molecule has 5 heteroatoms. The second-order valence-corrected chi connectivity index (χ2v) is 8.25. The molecule has 2 heterocycles. The van der Waals surface area contributed by atoms with E-state index in [1.165, 1.54) is 33.8 Å². The van der Waals surface area contributed by atoms with Gasteiger partial charge >= 0.3 is 5.97 Å². The Morgan fingerprint density at radius 3 is 2.60 bits per heavy atom. The van der Waals surface area contributed by atoms with E-state index in [1.807, 2.05) is 17.8 Å². The van der Waals surface area contributed by atoms with Crippen molar-refractivity contribution in [3.05, 3.63) is 52.6 Å². The third-order valence-electron chi connectivity index (χ3n) is 4.71. The Balaban J connectivity index is 1.99. The molecule has 1 aliphatic rings. The van der Waals surface area contributed by atoms with Crippen molar-refractivity contribution in [2.45, 2.75) is 44.4 Å². The number of rotatable bonds is 3. The molecule has 1 aromatic carbocycles. The number of benzene rings is 1. The molecule has 0 aliphatic carbocycles. The Morgan fingerprint density at radius 1 is 1.28 bits per heavy atom. The molecule has 0 bridgehead atoms. The molecule has 0 amide bonds. The average Bonchev–Trinajstić information content (AvgIpc) is 2.54. The van der Waals surface area contributed by atoms with Crippen molar-refractivity contribution in [3.8, 4) is 0 Å². The number of aromatic carboxylic acids is 1. The summed E-state index contributed by atoms with van der Waals surface area (Å²) >= 11 is 1.94. The molecule has 0 saturated carbocycles. The van der Waals surface area contributed by atoms with Crippen LogP contribution in [0.25, 0.3) is 11.6 Å². The van der Waals surface area contributed by atoms with Gasteiger partial charge in [0.05, 0.1) is 0 Å². The number of nitrogens with zero attached hydrogens (tertiary/aromatic N) is 2. The number of carboxylic acids is 1. The number of aromatic nitrogens is 2. The van der Waals surface area contributed by atoms with Crippen LogP contribution in [0.5, 0.6) is 0 Å². The number of thioether (sulfide) groups is 1. The predicted molar refractivity (Wildman–Crippen MR) is 102 cm³/mol. The zero-order chi connectivity index (χ0) is 18.2. The minimum Gasteiger partial charge on any atom is -0.475 e. The lowest BCUT2D eigenvalue weighted by Gasteiger charge is -2.33. The summed E-state index contributed by atoms with van der Waals surface area (Å²) in [5.74, 6) is -0.128. The molecule has 0 atom stereocenters. The second kappa shape index (κ2) is 6.64. The quantitative estimate of drug-likeness (QED) is 0.856. The Bertz CT molecular complexity index is 855. The summed E-state index contributed by atoms with van der Waals surface area (Å²) in [5.41, 5.74) is 5.99. The van der Waals surface area contributed by atoms with Crippen molar-refractivity contribution in [1.29, 1.82) is 0 Å². The maximum Gasteiger partial charge on any atom is 0.373 e. The summed E-state index contributed by atoms with van der Waals surface area (Å²) in [6.07, 6.45) is 6.28. The third kappa shape index (κ3) is 3.61. The first-order valence-electron chi connectivity index (χ1n) is 8.30. The normalized spacial score (nSPS) is 16.4. The molecule has 4 nitrogen and oxygen atoms in total. The minimum atomic E-state index is -1.11. The van der Waals surface area contributed by atoms with Crippen molar-refractivity contribution in [3.63, 3.8) is 0 Å². The molecule has 3 rings (SSSR count). The topological polar surface area (TPSA) is 63.1 Å². The first kappa shape index (κ1) is 17.7. The molecule has 0 radical (unpaired) electrons. The van der Waals surface area contributed by atoms with Crippen molar-refractivity contribution >= 4 is 29.4 Å². The molecule has 1 aromatic heterocycles. The van der Waals surface area contributed by atoms with Crippen LogP contribution in [0, 0.1) is 6.92 Å². The van der Waals surface area contributed by atoms with E-state index in [1.54, 1.807) is 12.4 Å². The number of carbonyl (C=O) groups is 1. The zero-order valence-electron chi connectivity index (χ0n) is 15.0. The first-order valence-corrected chi connectivity index (χ1v) is 9.28. The van der Waals surface area contributed by atoms with E-state index in [4.69, 9.17) is 5.11 Å². The Morgan fingerprint density at radius 2 is 1.96 bits per heavy atom. The standard InChI is InChI=1S/C20H22N2O2S/c1-12(7-14-10-21-18(19(23)24)22-11-14)15-9-16-17(8-13(15)2)25-6-5-20(16,3)4/h7-11H,5-6H2,1-4H3,(H,23,24)/b12-7+. The second-order valence-electron chi connectivity index (χ2n) is 7.12. The van der Waals surface area contributed by atoms with Gasteiger partial charge in [-0.2, -0.15) is 0 Å². The number of allylic oxidation sites excluding steroid dienone is 1. The highest BCUT2D eigenvalue weighted by Crippen LogP contribution is 2.43. The molecule has 1 N–H and O–H groups in total. The summed E-state index contributed by atoms with van der Waals surface area (Å²) in [6.45, 7) is 8.83. The van der Waals surface area contributed by atoms with Gasteiger partial charge in [-0.1, -0.05) is 13.8 Å². The van der Waals surface area contributed by atoms with Crippen LogP contribution in [0.1, 0.15) is 60.1 Å². The summed E-state index contributed by atoms with van der Waals surface area (Å²) in [4.78, 5) is 20.0. The summed E-state index contributed by atoms with van der Waals surface area (Å²) in [6, 6.07) is 4.60. The fourth-order valence-electron chi connectivity index (χ4n) is 3.16. The van der Waals surface area contributed by atoms with Gasteiger partial charge in [0, 0.05) is 22.9 Å². The molecule has 130 valence electrons. The number of carboxylic acid groups (broad SMARTS) is 1. The van der Waals surface area contributed by atoms with E-state index in [2.05, 4.69) is 49.8 Å². The lowest BCUT2D eigenvalue weighted by atomic mass is 9.80. The van der Waals surface area contributed by atoms with E-state index < -0.39 is 5.97 Å². The fraction of sp³-hybridized carbons (Fsp3) is 0.350. The lowest BCUT2D eigenvalue weighted by molar-refractivity contribution is 0.0683. The fourth-order valence-corrected chi connectivity index (χ4v) is 4.74. The number of hydrogen-bond donors (Lipinski definition) is 1. The van der Waals surface area contributed by atoms with Gasteiger partial charge < -0.3 is 5.11 Å². The van der Waals surface area contributed by atoms with Crippen molar-refractivity contribution in [1.82, 2.24) is 9.97 Å². The van der Waals surface area contributed by atoms with Gasteiger partial charge in [0.2, 0.25) is 5.82 Å². The molecule has 2 aromatic rings. The van der Waals surface area contributed by atoms with Gasteiger partial charge in [-0.05, 0) is 71.9 Å². The smallest absolute Gasteiger partial charge is 0.373 e. The van der Waals surface area contributed by atoms with Crippen LogP contribution in [0.4, 0.5) is 0 Å². The van der Waals surface area contributed by atoms with E-state index >= 15 is 0 Å². The van der Waals surface area contributed by atoms with Crippen LogP contribution < -0.4 is 0 Å². The van der Waals surface area contributed by atoms with Crippen LogP contribution in [-0.4, -0.2) is 26.8 Å². The summed E-state index contributed by atoms with van der Waals surface area (Å²) in [7, 11) is 0. The molecule has 0 saturated heterocycles. The van der Waals surface area contributed by atoms with E-state index in [9.17, 15) is 4.79 Å². The molecule has 0 fully saturated rings. The van der Waals surface area contributed by atoms with E-state index in [-0.39, 0.29) is 11.2 Å². The average molecular weight is 354 g/mol. The SMILES string of the molecule is C/C(=C\c1cnc(C(=O)O)nc1)c1cc2c(cc1C)SCCC2(C)C.